The second-order valence-corrected chi connectivity index (χ2v) is 2.87. The molecule has 2 nitrogen and oxygen atoms in total. The number of rotatable bonds is 7. The van der Waals surface area contributed by atoms with Gasteiger partial charge in [-0.15, -0.1) is 0 Å². The summed E-state index contributed by atoms with van der Waals surface area (Å²) in [7, 11) is 0. The van der Waals surface area contributed by atoms with Crippen LogP contribution in [0.25, 0.3) is 0 Å². The normalized spacial score (nSPS) is 15.0. The van der Waals surface area contributed by atoms with E-state index in [0.717, 1.165) is 5.57 Å². The Kier molecular flexibility index (Phi) is 8.48. The third-order valence-corrected chi connectivity index (χ3v) is 1.89. The highest BCUT2D eigenvalue weighted by atomic mass is 19.1. The third kappa shape index (κ3) is 5.89. The average Bonchev–Trinajstić information content (AvgIpc) is 2.21. The molecular weight excluding hydrogens is 183 g/mol. The molecule has 0 radical (unpaired) electrons. The number of ether oxygens (including phenoxy) is 1. The van der Waals surface area contributed by atoms with Gasteiger partial charge in [0.05, 0.1) is 12.7 Å². The van der Waals surface area contributed by atoms with Crippen LogP contribution >= 0.6 is 0 Å². The van der Waals surface area contributed by atoms with Gasteiger partial charge in [0.1, 0.15) is 6.67 Å². The zero-order valence-corrected chi connectivity index (χ0v) is 8.87. The number of aliphatic hydroxyl groups excluding tert-OH is 1. The SMILES string of the molecule is C/C=C(\C/C=C\CF)C(O)COCC. The van der Waals surface area contributed by atoms with E-state index in [1.165, 1.54) is 6.08 Å². The van der Waals surface area contributed by atoms with Gasteiger partial charge in [-0.05, 0) is 25.8 Å². The van der Waals surface area contributed by atoms with Crippen LogP contribution in [0.3, 0.4) is 0 Å². The van der Waals surface area contributed by atoms with E-state index in [0.29, 0.717) is 19.6 Å². The molecule has 0 aliphatic carbocycles. The molecule has 82 valence electrons. The zero-order valence-electron chi connectivity index (χ0n) is 8.87. The minimum Gasteiger partial charge on any atom is -0.386 e. The van der Waals surface area contributed by atoms with Gasteiger partial charge in [-0.3, -0.25) is 0 Å². The summed E-state index contributed by atoms with van der Waals surface area (Å²) in [4.78, 5) is 0. The van der Waals surface area contributed by atoms with Gasteiger partial charge in [-0.1, -0.05) is 18.2 Å². The van der Waals surface area contributed by atoms with Gasteiger partial charge < -0.3 is 9.84 Å². The number of aliphatic hydroxyl groups is 1. The van der Waals surface area contributed by atoms with Crippen LogP contribution in [-0.4, -0.2) is 31.1 Å². The molecule has 0 saturated carbocycles. The van der Waals surface area contributed by atoms with Crippen molar-refractivity contribution in [3.63, 3.8) is 0 Å². The maximum absolute atomic E-state index is 11.8. The Balaban J connectivity index is 3.94. The molecule has 0 bridgehead atoms. The fourth-order valence-corrected chi connectivity index (χ4v) is 1.07. The highest BCUT2D eigenvalue weighted by Gasteiger charge is 2.07. The predicted octanol–water partition coefficient (Wildman–Crippen LogP) is 2.25. The van der Waals surface area contributed by atoms with Crippen LogP contribution in [0.5, 0.6) is 0 Å². The summed E-state index contributed by atoms with van der Waals surface area (Å²) in [6, 6.07) is 0. The smallest absolute Gasteiger partial charge is 0.108 e. The molecule has 0 aliphatic rings. The largest absolute Gasteiger partial charge is 0.386 e. The van der Waals surface area contributed by atoms with Crippen molar-refractivity contribution >= 4 is 0 Å². The molecule has 0 heterocycles. The first-order valence-electron chi connectivity index (χ1n) is 4.88. The molecule has 0 fully saturated rings. The van der Waals surface area contributed by atoms with Crippen LogP contribution in [0.2, 0.25) is 0 Å². The van der Waals surface area contributed by atoms with E-state index in [1.807, 2.05) is 19.9 Å². The van der Waals surface area contributed by atoms with E-state index in [2.05, 4.69) is 0 Å². The van der Waals surface area contributed by atoms with Crippen LogP contribution in [0.15, 0.2) is 23.8 Å². The van der Waals surface area contributed by atoms with E-state index in [9.17, 15) is 9.50 Å². The Labute approximate surface area is 85.1 Å². The third-order valence-electron chi connectivity index (χ3n) is 1.89. The number of alkyl halides is 1. The molecule has 0 aromatic heterocycles. The van der Waals surface area contributed by atoms with E-state index in [-0.39, 0.29) is 0 Å². The first kappa shape index (κ1) is 13.3. The Hall–Kier alpha value is -0.670. The van der Waals surface area contributed by atoms with Gasteiger partial charge in [-0.25, -0.2) is 4.39 Å². The van der Waals surface area contributed by atoms with Crippen molar-refractivity contribution < 1.29 is 14.2 Å². The highest BCUT2D eigenvalue weighted by Crippen LogP contribution is 2.09. The standard InChI is InChI=1S/C11H19FO2/c1-3-10(7-5-6-8-12)11(13)9-14-4-2/h3,5-6,11,13H,4,7-9H2,1-2H3/b6-5-,10-3+. The van der Waals surface area contributed by atoms with Gasteiger partial charge >= 0.3 is 0 Å². The molecule has 3 heteroatoms. The second-order valence-electron chi connectivity index (χ2n) is 2.87. The monoisotopic (exact) mass is 202 g/mol. The predicted molar refractivity (Wildman–Crippen MR) is 56.0 cm³/mol. The van der Waals surface area contributed by atoms with Crippen LogP contribution in [0.4, 0.5) is 4.39 Å². The van der Waals surface area contributed by atoms with Crippen LogP contribution in [0.1, 0.15) is 20.3 Å². The maximum Gasteiger partial charge on any atom is 0.108 e. The minimum absolute atomic E-state index is 0.305. The van der Waals surface area contributed by atoms with E-state index in [1.54, 1.807) is 6.08 Å². The van der Waals surface area contributed by atoms with Gasteiger partial charge in [0.25, 0.3) is 0 Å². The van der Waals surface area contributed by atoms with Gasteiger partial charge in [0, 0.05) is 6.61 Å². The summed E-state index contributed by atoms with van der Waals surface area (Å²) < 4.78 is 16.9. The quantitative estimate of drug-likeness (QED) is 0.641. The van der Waals surface area contributed by atoms with Crippen molar-refractivity contribution in [2.24, 2.45) is 0 Å². The lowest BCUT2D eigenvalue weighted by Crippen LogP contribution is -2.17. The molecule has 0 aromatic carbocycles. The lowest BCUT2D eigenvalue weighted by molar-refractivity contribution is 0.0602. The fraction of sp³-hybridized carbons (Fsp3) is 0.636. The summed E-state index contributed by atoms with van der Waals surface area (Å²) in [5.74, 6) is 0. The zero-order chi connectivity index (χ0) is 10.8. The van der Waals surface area contributed by atoms with Crippen LogP contribution < -0.4 is 0 Å². The van der Waals surface area contributed by atoms with Crippen molar-refractivity contribution in [2.45, 2.75) is 26.4 Å². The summed E-state index contributed by atoms with van der Waals surface area (Å²) in [5, 5.41) is 9.62. The van der Waals surface area contributed by atoms with Crippen molar-refractivity contribution in [2.75, 3.05) is 19.9 Å². The Morgan fingerprint density at radius 3 is 2.71 bits per heavy atom. The molecule has 0 spiro atoms. The number of hydrogen-bond acceptors (Lipinski definition) is 2. The first-order chi connectivity index (χ1) is 6.76. The molecule has 14 heavy (non-hydrogen) atoms. The number of hydrogen-bond donors (Lipinski definition) is 1. The molecule has 1 atom stereocenters. The lowest BCUT2D eigenvalue weighted by atomic mass is 10.1. The topological polar surface area (TPSA) is 29.5 Å². The molecule has 1 unspecified atom stereocenters. The van der Waals surface area contributed by atoms with E-state index >= 15 is 0 Å². The lowest BCUT2D eigenvalue weighted by Gasteiger charge is -2.12. The minimum atomic E-state index is -0.579. The molecule has 1 N–H and O–H groups in total. The molecular formula is C11H19FO2. The number of halogens is 1. The summed E-state index contributed by atoms with van der Waals surface area (Å²) >= 11 is 0. The van der Waals surface area contributed by atoms with Crippen molar-refractivity contribution in [3.8, 4) is 0 Å². The molecule has 0 aliphatic heterocycles. The van der Waals surface area contributed by atoms with Gasteiger partial charge in [0.15, 0.2) is 0 Å². The fourth-order valence-electron chi connectivity index (χ4n) is 1.07. The van der Waals surface area contributed by atoms with Crippen LogP contribution in [0, 0.1) is 0 Å². The van der Waals surface area contributed by atoms with Gasteiger partial charge in [0.2, 0.25) is 0 Å². The Morgan fingerprint density at radius 1 is 1.50 bits per heavy atom. The maximum atomic E-state index is 11.8. The summed E-state index contributed by atoms with van der Waals surface area (Å²) in [5.41, 5.74) is 0.864. The van der Waals surface area contributed by atoms with Crippen LogP contribution in [-0.2, 0) is 4.74 Å². The highest BCUT2D eigenvalue weighted by molar-refractivity contribution is 5.11. The Morgan fingerprint density at radius 2 is 2.21 bits per heavy atom. The average molecular weight is 202 g/mol. The van der Waals surface area contributed by atoms with E-state index < -0.39 is 12.8 Å². The second kappa shape index (κ2) is 8.91. The molecule has 0 saturated heterocycles. The summed E-state index contributed by atoms with van der Waals surface area (Å²) in [6.07, 6.45) is 4.99. The van der Waals surface area contributed by atoms with E-state index in [4.69, 9.17) is 4.74 Å². The summed E-state index contributed by atoms with van der Waals surface area (Å²) in [6.45, 7) is 4.17. The van der Waals surface area contributed by atoms with Crippen molar-refractivity contribution in [1.82, 2.24) is 0 Å². The van der Waals surface area contributed by atoms with Crippen molar-refractivity contribution in [3.05, 3.63) is 23.8 Å². The molecule has 0 rings (SSSR count). The molecule has 0 amide bonds. The van der Waals surface area contributed by atoms with Gasteiger partial charge in [-0.2, -0.15) is 0 Å². The molecule has 0 aromatic rings. The van der Waals surface area contributed by atoms with Crippen molar-refractivity contribution in [1.29, 1.82) is 0 Å². The number of allylic oxidation sites excluding steroid dienone is 3. The Bertz CT molecular complexity index is 188. The first-order valence-corrected chi connectivity index (χ1v) is 4.88.